The number of anilines is 1. The molecule has 34 heavy (non-hydrogen) atoms. The summed E-state index contributed by atoms with van der Waals surface area (Å²) in [6, 6.07) is 4.71. The Bertz CT molecular complexity index is 1280. The van der Waals surface area contributed by atoms with E-state index in [9.17, 15) is 36.3 Å². The molecule has 0 aromatic heterocycles. The molecule has 11 heteroatoms. The number of ketones is 1. The van der Waals surface area contributed by atoms with E-state index in [2.05, 4.69) is 5.32 Å². The van der Waals surface area contributed by atoms with Crippen molar-refractivity contribution in [3.05, 3.63) is 58.4 Å². The summed E-state index contributed by atoms with van der Waals surface area (Å²) in [5, 5.41) is 11.0. The third kappa shape index (κ3) is 3.91. The van der Waals surface area contributed by atoms with E-state index in [1.807, 2.05) is 0 Å². The first kappa shape index (κ1) is 24.7. The van der Waals surface area contributed by atoms with Gasteiger partial charge in [0.1, 0.15) is 5.78 Å². The Morgan fingerprint density at radius 2 is 1.82 bits per heavy atom. The molecule has 2 aromatic rings. The molecular formula is C23H21ClF3NO5S. The summed E-state index contributed by atoms with van der Waals surface area (Å²) < 4.78 is 67.5. The summed E-state index contributed by atoms with van der Waals surface area (Å²) in [5.74, 6) is -6.78. The van der Waals surface area contributed by atoms with Gasteiger partial charge in [-0.05, 0) is 42.9 Å². The number of amides is 1. The van der Waals surface area contributed by atoms with Crippen molar-refractivity contribution in [2.45, 2.75) is 36.3 Å². The summed E-state index contributed by atoms with van der Waals surface area (Å²) in [5.41, 5.74) is -1.70. The van der Waals surface area contributed by atoms with Crippen molar-refractivity contribution in [3.63, 3.8) is 0 Å². The van der Waals surface area contributed by atoms with Gasteiger partial charge in [0.25, 0.3) is 5.91 Å². The minimum atomic E-state index is -4.13. The molecule has 2 aliphatic carbocycles. The van der Waals surface area contributed by atoms with Gasteiger partial charge in [0.15, 0.2) is 27.3 Å². The number of Topliss-reactive ketones (excluding diaryl/α,β-unsaturated/α-hetero) is 1. The number of fused-ring (bicyclic) bond motifs is 2. The smallest absolute Gasteiger partial charge is 0.255 e. The molecular weight excluding hydrogens is 495 g/mol. The van der Waals surface area contributed by atoms with Crippen LogP contribution in [0.4, 0.5) is 18.9 Å². The highest BCUT2D eigenvalue weighted by atomic mass is 35.5. The van der Waals surface area contributed by atoms with Crippen LogP contribution in [0.2, 0.25) is 5.02 Å². The fourth-order valence-corrected chi connectivity index (χ4v) is 8.12. The normalized spacial score (nSPS) is 26.5. The molecule has 182 valence electrons. The van der Waals surface area contributed by atoms with Gasteiger partial charge in [-0.15, -0.1) is 0 Å². The predicted octanol–water partition coefficient (Wildman–Crippen LogP) is 4.15. The van der Waals surface area contributed by atoms with Gasteiger partial charge < -0.3 is 10.4 Å². The molecule has 6 nitrogen and oxygen atoms in total. The maximum atomic E-state index is 13.7. The standard InChI is InChI=1S/C23H21ClF3NO5S/c1-23(10-29)14-4-2-11(7-19(23)30)21(14)34(32,33)18-6-12(3-5-15(18)24)22(31)28-13-8-16(25)20(27)17(26)9-13/h3,5-6,8-9,11,14,21,29H,2,4,7,10H2,1H3,(H,28,31)/t11?,14?,21-,23+/m0/s1. The highest BCUT2D eigenvalue weighted by molar-refractivity contribution is 7.92. The molecule has 2 N–H and O–H groups in total. The van der Waals surface area contributed by atoms with Gasteiger partial charge in [-0.25, -0.2) is 21.6 Å². The first-order valence-corrected chi connectivity index (χ1v) is 12.5. The van der Waals surface area contributed by atoms with E-state index in [1.165, 1.54) is 12.1 Å². The number of benzene rings is 2. The monoisotopic (exact) mass is 515 g/mol. The molecule has 4 atom stereocenters. The molecule has 2 aromatic carbocycles. The molecule has 0 heterocycles. The van der Waals surface area contributed by atoms with Crippen LogP contribution in [0.1, 0.15) is 36.5 Å². The summed E-state index contributed by atoms with van der Waals surface area (Å²) in [4.78, 5) is 24.9. The lowest BCUT2D eigenvalue weighted by molar-refractivity contribution is -0.136. The van der Waals surface area contributed by atoms with Crippen LogP contribution in [0.3, 0.4) is 0 Å². The zero-order chi connectivity index (χ0) is 25.0. The number of hydrogen-bond donors (Lipinski definition) is 2. The van der Waals surface area contributed by atoms with E-state index >= 15 is 0 Å². The fraction of sp³-hybridized carbons (Fsp3) is 0.391. The van der Waals surface area contributed by atoms with E-state index in [1.54, 1.807) is 6.92 Å². The molecule has 1 amide bonds. The Morgan fingerprint density at radius 3 is 2.44 bits per heavy atom. The molecule has 0 radical (unpaired) electrons. The highest BCUT2D eigenvalue weighted by Gasteiger charge is 2.59. The zero-order valence-electron chi connectivity index (χ0n) is 17.9. The van der Waals surface area contributed by atoms with Crippen LogP contribution in [0.15, 0.2) is 35.2 Å². The van der Waals surface area contributed by atoms with Crippen LogP contribution >= 0.6 is 11.6 Å². The number of halogens is 4. The van der Waals surface area contributed by atoms with Crippen molar-refractivity contribution in [1.29, 1.82) is 0 Å². The van der Waals surface area contributed by atoms with Gasteiger partial charge in [-0.2, -0.15) is 0 Å². The minimum Gasteiger partial charge on any atom is -0.395 e. The number of carbonyl (C=O) groups is 2. The number of nitrogens with one attached hydrogen (secondary N) is 1. The third-order valence-electron chi connectivity index (χ3n) is 7.04. The second-order valence-corrected chi connectivity index (χ2v) is 11.5. The second kappa shape index (κ2) is 8.66. The number of aliphatic hydroxyl groups excluding tert-OH is 1. The maximum Gasteiger partial charge on any atom is 0.255 e. The van der Waals surface area contributed by atoms with Gasteiger partial charge in [0, 0.05) is 29.8 Å². The topological polar surface area (TPSA) is 101 Å². The van der Waals surface area contributed by atoms with Crippen LogP contribution in [-0.4, -0.2) is 37.1 Å². The van der Waals surface area contributed by atoms with Crippen molar-refractivity contribution in [1.82, 2.24) is 0 Å². The Morgan fingerprint density at radius 1 is 1.18 bits per heavy atom. The first-order valence-electron chi connectivity index (χ1n) is 10.5. The van der Waals surface area contributed by atoms with Crippen LogP contribution < -0.4 is 5.32 Å². The largest absolute Gasteiger partial charge is 0.395 e. The molecule has 2 aliphatic rings. The van der Waals surface area contributed by atoms with Gasteiger partial charge >= 0.3 is 0 Å². The van der Waals surface area contributed by atoms with Crippen LogP contribution in [0.25, 0.3) is 0 Å². The lowest BCUT2D eigenvalue weighted by atomic mass is 9.67. The van der Waals surface area contributed by atoms with Crippen LogP contribution in [-0.2, 0) is 14.6 Å². The van der Waals surface area contributed by atoms with E-state index in [-0.39, 0.29) is 33.4 Å². The molecule has 0 spiro atoms. The summed E-state index contributed by atoms with van der Waals surface area (Å²) in [7, 11) is -4.13. The van der Waals surface area contributed by atoms with E-state index in [0.29, 0.717) is 25.0 Å². The van der Waals surface area contributed by atoms with Crippen molar-refractivity contribution >= 4 is 38.8 Å². The van der Waals surface area contributed by atoms with Gasteiger partial charge in [0.2, 0.25) is 0 Å². The minimum absolute atomic E-state index is 0.0247. The average Bonchev–Trinajstić information content (AvgIpc) is 3.16. The number of rotatable bonds is 5. The number of hydrogen-bond acceptors (Lipinski definition) is 5. The number of aliphatic hydroxyl groups is 1. The maximum absolute atomic E-state index is 13.7. The molecule has 0 saturated heterocycles. The SMILES string of the molecule is C[C@]1(CO)C(=O)CC2CCC1[C@H]2S(=O)(=O)c1cc(C(=O)Nc2cc(F)c(F)c(F)c2)ccc1Cl. The summed E-state index contributed by atoms with van der Waals surface area (Å²) >= 11 is 6.21. The van der Waals surface area contributed by atoms with Gasteiger partial charge in [-0.1, -0.05) is 18.5 Å². The van der Waals surface area contributed by atoms with E-state index < -0.39 is 62.3 Å². The summed E-state index contributed by atoms with van der Waals surface area (Å²) in [6.07, 6.45) is 0.989. The molecule has 2 bridgehead atoms. The summed E-state index contributed by atoms with van der Waals surface area (Å²) in [6.45, 7) is 1.09. The van der Waals surface area contributed by atoms with Crippen molar-refractivity contribution in [2.24, 2.45) is 17.3 Å². The number of sulfone groups is 1. The zero-order valence-corrected chi connectivity index (χ0v) is 19.5. The third-order valence-corrected chi connectivity index (χ3v) is 9.86. The molecule has 0 aliphatic heterocycles. The van der Waals surface area contributed by atoms with Crippen molar-refractivity contribution in [2.75, 3.05) is 11.9 Å². The molecule has 2 saturated carbocycles. The van der Waals surface area contributed by atoms with E-state index in [0.717, 1.165) is 6.07 Å². The van der Waals surface area contributed by atoms with Crippen LogP contribution in [0.5, 0.6) is 0 Å². The Hall–Kier alpha value is -2.43. The average molecular weight is 516 g/mol. The van der Waals surface area contributed by atoms with Crippen molar-refractivity contribution in [3.8, 4) is 0 Å². The molecule has 4 rings (SSSR count). The fourth-order valence-electron chi connectivity index (χ4n) is 5.14. The van der Waals surface area contributed by atoms with E-state index in [4.69, 9.17) is 11.6 Å². The lowest BCUT2D eigenvalue weighted by Crippen LogP contribution is -2.51. The molecule has 2 unspecified atom stereocenters. The Balaban J connectivity index is 1.68. The number of carbonyl (C=O) groups excluding carboxylic acids is 2. The first-order chi connectivity index (χ1) is 15.9. The highest BCUT2D eigenvalue weighted by Crippen LogP contribution is 2.54. The second-order valence-electron chi connectivity index (χ2n) is 9.01. The van der Waals surface area contributed by atoms with Crippen molar-refractivity contribution < 1.29 is 36.3 Å². The molecule has 2 fully saturated rings. The Labute approximate surface area is 199 Å². The lowest BCUT2D eigenvalue weighted by Gasteiger charge is -2.41. The van der Waals surface area contributed by atoms with Crippen LogP contribution in [0, 0.1) is 34.7 Å². The van der Waals surface area contributed by atoms with Gasteiger partial charge in [-0.3, -0.25) is 9.59 Å². The predicted molar refractivity (Wildman–Crippen MR) is 118 cm³/mol. The van der Waals surface area contributed by atoms with Gasteiger partial charge in [0.05, 0.1) is 27.2 Å². The Kier molecular flexibility index (Phi) is 6.28. The quantitative estimate of drug-likeness (QED) is 0.583.